The van der Waals surface area contributed by atoms with Crippen LogP contribution in [-0.4, -0.2) is 22.8 Å². The number of benzene rings is 1. The Labute approximate surface area is 139 Å². The molecule has 1 amide bonds. The fraction of sp³-hybridized carbons (Fsp3) is 0.412. The zero-order valence-corrected chi connectivity index (χ0v) is 14.5. The predicted molar refractivity (Wildman–Crippen MR) is 87.5 cm³/mol. The lowest BCUT2D eigenvalue weighted by atomic mass is 10.1. The second-order valence-corrected chi connectivity index (χ2v) is 6.93. The first-order valence-corrected chi connectivity index (χ1v) is 8.34. The summed E-state index contributed by atoms with van der Waals surface area (Å²) in [7, 11) is 1.63. The van der Waals surface area contributed by atoms with E-state index in [1.54, 1.807) is 19.4 Å². The van der Waals surface area contributed by atoms with Crippen molar-refractivity contribution in [2.45, 2.75) is 33.2 Å². The molecule has 6 heteroatoms. The minimum absolute atomic E-state index is 0.228. The van der Waals surface area contributed by atoms with E-state index in [2.05, 4.69) is 18.8 Å². The maximum absolute atomic E-state index is 13.4. The lowest BCUT2D eigenvalue weighted by Crippen LogP contribution is -2.30. The highest BCUT2D eigenvalue weighted by atomic mass is 32.1. The second kappa shape index (κ2) is 7.17. The van der Waals surface area contributed by atoms with Gasteiger partial charge in [0.05, 0.1) is 11.0 Å². The second-order valence-electron chi connectivity index (χ2n) is 5.99. The Morgan fingerprint density at radius 2 is 1.96 bits per heavy atom. The van der Waals surface area contributed by atoms with Gasteiger partial charge >= 0.3 is 0 Å². The van der Waals surface area contributed by atoms with Gasteiger partial charge in [0.1, 0.15) is 5.69 Å². The van der Waals surface area contributed by atoms with E-state index in [1.807, 2.05) is 0 Å². The summed E-state index contributed by atoms with van der Waals surface area (Å²) in [6.45, 7) is 5.96. The first-order valence-electron chi connectivity index (χ1n) is 7.46. The smallest absolute Gasteiger partial charge is 0.273 e. The van der Waals surface area contributed by atoms with E-state index in [9.17, 15) is 13.6 Å². The van der Waals surface area contributed by atoms with E-state index in [1.165, 1.54) is 22.3 Å². The summed E-state index contributed by atoms with van der Waals surface area (Å²) < 4.78 is 26.4. The molecule has 0 aliphatic heterocycles. The normalized spacial score (nSPS) is 12.5. The largest absolute Gasteiger partial charge is 0.334 e. The van der Waals surface area contributed by atoms with Gasteiger partial charge in [-0.1, -0.05) is 19.9 Å². The zero-order chi connectivity index (χ0) is 17.1. The molecule has 0 fully saturated rings. The van der Waals surface area contributed by atoms with Gasteiger partial charge in [0.15, 0.2) is 11.6 Å². The molecule has 1 aromatic carbocycles. The molecular weight excluding hydrogens is 318 g/mol. The van der Waals surface area contributed by atoms with Crippen LogP contribution in [0.25, 0.3) is 0 Å². The van der Waals surface area contributed by atoms with Crippen molar-refractivity contribution < 1.29 is 13.6 Å². The number of aromatic nitrogens is 1. The molecule has 1 atom stereocenters. The number of hydrogen-bond donors (Lipinski definition) is 0. The van der Waals surface area contributed by atoms with Crippen molar-refractivity contribution in [3.63, 3.8) is 0 Å². The third-order valence-electron chi connectivity index (χ3n) is 3.68. The lowest BCUT2D eigenvalue weighted by Gasteiger charge is -2.24. The third-order valence-corrected chi connectivity index (χ3v) is 4.55. The molecule has 2 aromatic rings. The van der Waals surface area contributed by atoms with Gasteiger partial charge in [-0.15, -0.1) is 11.3 Å². The van der Waals surface area contributed by atoms with Crippen LogP contribution in [0.3, 0.4) is 0 Å². The van der Waals surface area contributed by atoms with E-state index < -0.39 is 11.6 Å². The zero-order valence-electron chi connectivity index (χ0n) is 13.6. The number of carbonyl (C=O) groups is 1. The number of hydrogen-bond acceptors (Lipinski definition) is 3. The van der Waals surface area contributed by atoms with Crippen molar-refractivity contribution in [3.05, 3.63) is 51.5 Å². The van der Waals surface area contributed by atoms with Gasteiger partial charge in [0.25, 0.3) is 5.91 Å². The fourth-order valence-electron chi connectivity index (χ4n) is 2.20. The van der Waals surface area contributed by atoms with E-state index in [0.29, 0.717) is 17.2 Å². The maximum atomic E-state index is 13.4. The van der Waals surface area contributed by atoms with Crippen LogP contribution in [0.5, 0.6) is 0 Å². The highest BCUT2D eigenvalue weighted by molar-refractivity contribution is 7.09. The molecular formula is C17H20F2N2OS. The highest BCUT2D eigenvalue weighted by Crippen LogP contribution is 2.23. The van der Waals surface area contributed by atoms with Gasteiger partial charge in [-0.05, 0) is 30.5 Å². The molecule has 3 nitrogen and oxygen atoms in total. The first kappa shape index (κ1) is 17.5. The third kappa shape index (κ3) is 4.13. The van der Waals surface area contributed by atoms with E-state index in [4.69, 9.17) is 0 Å². The first-order chi connectivity index (χ1) is 10.8. The van der Waals surface area contributed by atoms with Crippen molar-refractivity contribution in [1.29, 1.82) is 0 Å². The van der Waals surface area contributed by atoms with Crippen molar-refractivity contribution >= 4 is 17.2 Å². The van der Waals surface area contributed by atoms with Crippen molar-refractivity contribution in [2.24, 2.45) is 5.92 Å². The van der Waals surface area contributed by atoms with Crippen molar-refractivity contribution in [1.82, 2.24) is 9.88 Å². The summed E-state index contributed by atoms with van der Waals surface area (Å²) in [5.74, 6) is -1.56. The molecule has 0 saturated carbocycles. The van der Waals surface area contributed by atoms with Crippen molar-refractivity contribution in [2.75, 3.05) is 7.05 Å². The average Bonchev–Trinajstić information content (AvgIpc) is 2.95. The Morgan fingerprint density at radius 3 is 2.57 bits per heavy atom. The van der Waals surface area contributed by atoms with Gasteiger partial charge in [0, 0.05) is 18.8 Å². The molecule has 23 heavy (non-hydrogen) atoms. The van der Waals surface area contributed by atoms with Crippen LogP contribution < -0.4 is 0 Å². The number of amides is 1. The van der Waals surface area contributed by atoms with E-state index in [0.717, 1.165) is 23.6 Å². The fourth-order valence-corrected chi connectivity index (χ4v) is 3.19. The molecule has 124 valence electrons. The van der Waals surface area contributed by atoms with Crippen LogP contribution >= 0.6 is 11.3 Å². The van der Waals surface area contributed by atoms with Crippen LogP contribution in [-0.2, 0) is 6.42 Å². The molecule has 0 saturated heterocycles. The Morgan fingerprint density at radius 1 is 1.26 bits per heavy atom. The van der Waals surface area contributed by atoms with Gasteiger partial charge in [-0.25, -0.2) is 13.8 Å². The molecule has 1 heterocycles. The van der Waals surface area contributed by atoms with Crippen LogP contribution in [0.15, 0.2) is 23.6 Å². The minimum Gasteiger partial charge on any atom is -0.334 e. The number of rotatable bonds is 5. The van der Waals surface area contributed by atoms with Crippen LogP contribution in [0, 0.1) is 17.6 Å². The summed E-state index contributed by atoms with van der Waals surface area (Å²) in [6, 6.07) is 3.30. The monoisotopic (exact) mass is 338 g/mol. The van der Waals surface area contributed by atoms with Gasteiger partial charge in [0.2, 0.25) is 0 Å². The van der Waals surface area contributed by atoms with Crippen LogP contribution in [0.1, 0.15) is 47.9 Å². The van der Waals surface area contributed by atoms with Crippen LogP contribution in [0.4, 0.5) is 8.78 Å². The number of thiazole rings is 1. The van der Waals surface area contributed by atoms with Gasteiger partial charge < -0.3 is 4.90 Å². The summed E-state index contributed by atoms with van der Waals surface area (Å²) in [5.41, 5.74) is 0.931. The summed E-state index contributed by atoms with van der Waals surface area (Å²) in [5, 5.41) is 2.67. The molecule has 0 N–H and O–H groups in total. The van der Waals surface area contributed by atoms with Gasteiger partial charge in [-0.3, -0.25) is 4.79 Å². The molecule has 0 bridgehead atoms. The van der Waals surface area contributed by atoms with Crippen molar-refractivity contribution in [3.8, 4) is 0 Å². The van der Waals surface area contributed by atoms with E-state index in [-0.39, 0.29) is 11.9 Å². The standard InChI is InChI=1S/C17H20F2N2OS/c1-10(2)7-16-20-15(9-23-16)17(22)21(4)11(3)12-5-6-13(18)14(19)8-12/h5-6,8-11H,7H2,1-4H3. The minimum atomic E-state index is -0.914. The Hall–Kier alpha value is -1.82. The molecule has 1 aromatic heterocycles. The SMILES string of the molecule is CC(C)Cc1nc(C(=O)N(C)C(C)c2ccc(F)c(F)c2)cs1. The molecule has 0 spiro atoms. The molecule has 0 aliphatic carbocycles. The molecule has 1 unspecified atom stereocenters. The summed E-state index contributed by atoms with van der Waals surface area (Å²) in [6.07, 6.45) is 0.834. The number of halogens is 2. The quantitative estimate of drug-likeness (QED) is 0.807. The molecule has 0 aliphatic rings. The molecule has 0 radical (unpaired) electrons. The Kier molecular flexibility index (Phi) is 5.46. The average molecular weight is 338 g/mol. The summed E-state index contributed by atoms with van der Waals surface area (Å²) >= 11 is 1.47. The number of nitrogens with zero attached hydrogens (tertiary/aromatic N) is 2. The summed E-state index contributed by atoms with van der Waals surface area (Å²) in [4.78, 5) is 18.4. The molecule has 2 rings (SSSR count). The van der Waals surface area contributed by atoms with Gasteiger partial charge in [-0.2, -0.15) is 0 Å². The van der Waals surface area contributed by atoms with Crippen LogP contribution in [0.2, 0.25) is 0 Å². The topological polar surface area (TPSA) is 33.2 Å². The highest BCUT2D eigenvalue weighted by Gasteiger charge is 2.22. The Balaban J connectivity index is 2.14. The maximum Gasteiger partial charge on any atom is 0.273 e. The number of carbonyl (C=O) groups excluding carboxylic acids is 1. The lowest BCUT2D eigenvalue weighted by molar-refractivity contribution is 0.0737. The van der Waals surface area contributed by atoms with E-state index >= 15 is 0 Å². The Bertz CT molecular complexity index is 700. The predicted octanol–water partition coefficient (Wildman–Crippen LogP) is 4.45.